The summed E-state index contributed by atoms with van der Waals surface area (Å²) in [7, 11) is 0. The molecule has 2 fully saturated rings. The second-order valence-corrected chi connectivity index (χ2v) is 6.53. The zero-order valence-corrected chi connectivity index (χ0v) is 12.9. The quantitative estimate of drug-likeness (QED) is 0.914. The number of hydrogen-bond acceptors (Lipinski definition) is 3. The molecule has 1 saturated heterocycles. The van der Waals surface area contributed by atoms with E-state index in [1.807, 2.05) is 24.3 Å². The van der Waals surface area contributed by atoms with E-state index in [1.54, 1.807) is 0 Å². The minimum absolute atomic E-state index is 0.145. The van der Waals surface area contributed by atoms with Crippen molar-refractivity contribution in [2.45, 2.75) is 32.7 Å². The zero-order chi connectivity index (χ0) is 15.2. The Morgan fingerprint density at radius 3 is 2.95 bits per heavy atom. The number of fused-ring (bicyclic) bond motifs is 1. The molecule has 1 atom stereocenters. The molecule has 5 nitrogen and oxygen atoms in total. The van der Waals surface area contributed by atoms with Crippen LogP contribution in [0.2, 0.25) is 0 Å². The number of hydrogen-bond donors (Lipinski definition) is 2. The Morgan fingerprint density at radius 1 is 1.41 bits per heavy atom. The molecule has 1 saturated carbocycles. The molecule has 1 aromatic heterocycles. The number of benzene rings is 1. The van der Waals surface area contributed by atoms with Crippen LogP contribution >= 0.6 is 0 Å². The van der Waals surface area contributed by atoms with Crippen molar-refractivity contribution in [3.63, 3.8) is 0 Å². The molecule has 1 aliphatic carbocycles. The first-order valence-electron chi connectivity index (χ1n) is 8.20. The highest BCUT2D eigenvalue weighted by molar-refractivity contribution is 5.95. The molecule has 22 heavy (non-hydrogen) atoms. The minimum Gasteiger partial charge on any atom is -0.317 e. The van der Waals surface area contributed by atoms with Gasteiger partial charge in [-0.25, -0.2) is 4.98 Å². The summed E-state index contributed by atoms with van der Waals surface area (Å²) in [4.78, 5) is 17.2. The van der Waals surface area contributed by atoms with Crippen LogP contribution in [0.1, 0.15) is 26.2 Å². The fraction of sp³-hybridized carbons (Fsp3) is 0.529. The first-order chi connectivity index (χ1) is 10.7. The lowest BCUT2D eigenvalue weighted by atomic mass is 9.92. The van der Waals surface area contributed by atoms with E-state index in [1.165, 1.54) is 0 Å². The van der Waals surface area contributed by atoms with Crippen molar-refractivity contribution in [3.8, 4) is 0 Å². The first-order valence-corrected chi connectivity index (χ1v) is 8.20. The van der Waals surface area contributed by atoms with Gasteiger partial charge in [0.05, 0.1) is 11.0 Å². The number of imidazole rings is 1. The predicted molar refractivity (Wildman–Crippen MR) is 86.7 cm³/mol. The van der Waals surface area contributed by atoms with Gasteiger partial charge < -0.3 is 9.88 Å². The van der Waals surface area contributed by atoms with Crippen LogP contribution in [0, 0.1) is 11.3 Å². The Hall–Kier alpha value is -1.88. The molecule has 1 aliphatic heterocycles. The Balaban J connectivity index is 1.55. The molecule has 116 valence electrons. The average molecular weight is 298 g/mol. The van der Waals surface area contributed by atoms with Gasteiger partial charge in [-0.05, 0) is 56.8 Å². The summed E-state index contributed by atoms with van der Waals surface area (Å²) in [5.41, 5.74) is 2.28. The van der Waals surface area contributed by atoms with E-state index in [-0.39, 0.29) is 17.2 Å². The summed E-state index contributed by atoms with van der Waals surface area (Å²) in [6, 6.07) is 8.02. The molecule has 0 radical (unpaired) electrons. The second kappa shape index (κ2) is 5.09. The number of nitrogens with zero attached hydrogens (tertiary/aromatic N) is 2. The third-order valence-corrected chi connectivity index (χ3v) is 5.31. The number of piperidine rings is 1. The number of rotatable bonds is 3. The highest BCUT2D eigenvalue weighted by Gasteiger charge is 2.57. The molecule has 2 N–H and O–H groups in total. The molecule has 2 aromatic rings. The Morgan fingerprint density at radius 2 is 2.18 bits per heavy atom. The fourth-order valence-electron chi connectivity index (χ4n) is 3.88. The van der Waals surface area contributed by atoms with Gasteiger partial charge in [0.15, 0.2) is 0 Å². The summed E-state index contributed by atoms with van der Waals surface area (Å²) < 4.78 is 2.07. The van der Waals surface area contributed by atoms with Crippen molar-refractivity contribution >= 4 is 22.9 Å². The van der Waals surface area contributed by atoms with E-state index in [0.29, 0.717) is 5.95 Å². The van der Waals surface area contributed by atoms with Gasteiger partial charge >= 0.3 is 0 Å². The summed E-state index contributed by atoms with van der Waals surface area (Å²) in [5, 5.41) is 6.45. The minimum atomic E-state index is 0.145. The highest BCUT2D eigenvalue weighted by atomic mass is 16.2. The van der Waals surface area contributed by atoms with Crippen LogP contribution in [0.3, 0.4) is 0 Å². The van der Waals surface area contributed by atoms with Gasteiger partial charge in [0.25, 0.3) is 0 Å². The summed E-state index contributed by atoms with van der Waals surface area (Å²) >= 11 is 0. The Bertz CT molecular complexity index is 715. The SMILES string of the molecule is CCn1c(NC(=O)C2CC23CCNCC3)nc2ccccc21. The van der Waals surface area contributed by atoms with Gasteiger partial charge in [-0.15, -0.1) is 0 Å². The molecule has 0 bridgehead atoms. The van der Waals surface area contributed by atoms with Crippen LogP contribution in [0.4, 0.5) is 5.95 Å². The van der Waals surface area contributed by atoms with Crippen molar-refractivity contribution in [2.75, 3.05) is 18.4 Å². The summed E-state index contributed by atoms with van der Waals surface area (Å²) in [5.74, 6) is 0.997. The maximum atomic E-state index is 12.6. The molecule has 2 heterocycles. The highest BCUT2D eigenvalue weighted by Crippen LogP contribution is 2.58. The zero-order valence-electron chi connectivity index (χ0n) is 12.9. The number of carbonyl (C=O) groups excluding carboxylic acids is 1. The third-order valence-electron chi connectivity index (χ3n) is 5.31. The number of carbonyl (C=O) groups is 1. The molecule has 5 heteroatoms. The van der Waals surface area contributed by atoms with E-state index in [4.69, 9.17) is 0 Å². The number of nitrogens with one attached hydrogen (secondary N) is 2. The molecule has 1 spiro atoms. The van der Waals surface area contributed by atoms with Crippen LogP contribution in [0.5, 0.6) is 0 Å². The normalized spacial score (nSPS) is 22.9. The standard InChI is InChI=1S/C17H22N4O/c1-2-21-14-6-4-3-5-13(14)19-16(21)20-15(22)12-11-17(12)7-9-18-10-8-17/h3-6,12,18H,2,7-11H2,1H3,(H,19,20,22). The maximum absolute atomic E-state index is 12.6. The van der Waals surface area contributed by atoms with Crippen molar-refractivity contribution < 1.29 is 4.79 Å². The second-order valence-electron chi connectivity index (χ2n) is 6.53. The third kappa shape index (κ3) is 2.11. The van der Waals surface area contributed by atoms with Crippen LogP contribution in [0.15, 0.2) is 24.3 Å². The molecule has 2 aliphatic rings. The van der Waals surface area contributed by atoms with E-state index in [9.17, 15) is 4.79 Å². The molecule has 4 rings (SSSR count). The largest absolute Gasteiger partial charge is 0.317 e. The predicted octanol–water partition coefficient (Wildman–Crippen LogP) is 2.38. The lowest BCUT2D eigenvalue weighted by Gasteiger charge is -2.23. The molecule has 1 amide bonds. The van der Waals surface area contributed by atoms with Crippen molar-refractivity contribution in [1.82, 2.24) is 14.9 Å². The smallest absolute Gasteiger partial charge is 0.230 e. The number of aromatic nitrogens is 2. The number of para-hydroxylation sites is 2. The van der Waals surface area contributed by atoms with Crippen molar-refractivity contribution in [3.05, 3.63) is 24.3 Å². The number of amides is 1. The number of aryl methyl sites for hydroxylation is 1. The topological polar surface area (TPSA) is 59.0 Å². The summed E-state index contributed by atoms with van der Waals surface area (Å²) in [6.45, 7) is 4.96. The van der Waals surface area contributed by atoms with Gasteiger partial charge in [-0.3, -0.25) is 10.1 Å². The molecule has 1 unspecified atom stereocenters. The first kappa shape index (κ1) is 13.8. The van der Waals surface area contributed by atoms with E-state index < -0.39 is 0 Å². The number of anilines is 1. The van der Waals surface area contributed by atoms with Crippen LogP contribution in [-0.4, -0.2) is 28.5 Å². The lowest BCUT2D eigenvalue weighted by molar-refractivity contribution is -0.118. The van der Waals surface area contributed by atoms with Crippen LogP contribution < -0.4 is 10.6 Å². The molecular formula is C17H22N4O. The molecular weight excluding hydrogens is 276 g/mol. The Kier molecular flexibility index (Phi) is 3.18. The van der Waals surface area contributed by atoms with Crippen LogP contribution in [0.25, 0.3) is 11.0 Å². The van der Waals surface area contributed by atoms with Gasteiger partial charge in [-0.1, -0.05) is 12.1 Å². The van der Waals surface area contributed by atoms with E-state index in [0.717, 1.165) is 49.9 Å². The molecule has 1 aromatic carbocycles. The average Bonchev–Trinajstić information content (AvgIpc) is 3.11. The van der Waals surface area contributed by atoms with Crippen LogP contribution in [-0.2, 0) is 11.3 Å². The van der Waals surface area contributed by atoms with E-state index >= 15 is 0 Å². The Labute approximate surface area is 130 Å². The van der Waals surface area contributed by atoms with Gasteiger partial charge in [-0.2, -0.15) is 0 Å². The maximum Gasteiger partial charge on any atom is 0.230 e. The van der Waals surface area contributed by atoms with Crippen molar-refractivity contribution in [1.29, 1.82) is 0 Å². The van der Waals surface area contributed by atoms with Gasteiger partial charge in [0, 0.05) is 12.5 Å². The van der Waals surface area contributed by atoms with E-state index in [2.05, 4.69) is 27.1 Å². The van der Waals surface area contributed by atoms with Gasteiger partial charge in [0.2, 0.25) is 11.9 Å². The summed E-state index contributed by atoms with van der Waals surface area (Å²) in [6.07, 6.45) is 3.28. The lowest BCUT2D eigenvalue weighted by Crippen LogP contribution is -2.32. The van der Waals surface area contributed by atoms with Gasteiger partial charge in [0.1, 0.15) is 0 Å². The fourth-order valence-corrected chi connectivity index (χ4v) is 3.88. The monoisotopic (exact) mass is 298 g/mol. The van der Waals surface area contributed by atoms with Crippen molar-refractivity contribution in [2.24, 2.45) is 11.3 Å².